The van der Waals surface area contributed by atoms with Crippen molar-refractivity contribution in [1.29, 1.82) is 0 Å². The van der Waals surface area contributed by atoms with Gasteiger partial charge in [-0.15, -0.1) is 0 Å². The van der Waals surface area contributed by atoms with Crippen molar-refractivity contribution in [2.24, 2.45) is 0 Å². The lowest BCUT2D eigenvalue weighted by Gasteiger charge is -2.33. The van der Waals surface area contributed by atoms with Crippen molar-refractivity contribution >= 4 is 30.4 Å². The van der Waals surface area contributed by atoms with E-state index in [1.54, 1.807) is 18.4 Å². The summed E-state index contributed by atoms with van der Waals surface area (Å²) in [6.45, 7) is 5.88. The van der Waals surface area contributed by atoms with Crippen LogP contribution in [0.4, 0.5) is 19.0 Å². The summed E-state index contributed by atoms with van der Waals surface area (Å²) in [4.78, 5) is 23.8. The Balaban J connectivity index is 1.85. The van der Waals surface area contributed by atoms with Crippen LogP contribution in [0.1, 0.15) is 37.9 Å². The number of nitrogens with two attached hydrogens (primary N) is 1. The maximum atomic E-state index is 14.1. The molecule has 15 heteroatoms. The first-order valence-electron chi connectivity index (χ1n) is 11.2. The average Bonchev–Trinajstić information content (AvgIpc) is 3.20. The first-order chi connectivity index (χ1) is 17.1. The van der Waals surface area contributed by atoms with Gasteiger partial charge < -0.3 is 20.1 Å². The third kappa shape index (κ3) is 7.04. The van der Waals surface area contributed by atoms with Crippen LogP contribution in [0, 0.1) is 6.92 Å². The Hall–Kier alpha value is -3.06. The summed E-state index contributed by atoms with van der Waals surface area (Å²) in [6.07, 6.45) is -3.52. The zero-order valence-electron chi connectivity index (χ0n) is 20.7. The van der Waals surface area contributed by atoms with E-state index in [1.165, 1.54) is 50.8 Å². The number of nitrogen functional groups attached to an aromatic ring is 1. The van der Waals surface area contributed by atoms with Gasteiger partial charge in [-0.3, -0.25) is 9.36 Å². The SMILES string of the molecule is Cc1ccc(C(NP(=O)(COC(C)Cn2cnc3c(N)ncnc32)NC(C)(C)C(=O)O)C(F)(F)F)cc1. The van der Waals surface area contributed by atoms with Crippen molar-refractivity contribution in [1.82, 2.24) is 29.7 Å². The number of benzene rings is 1. The number of hydrogen-bond donors (Lipinski definition) is 4. The molecule has 3 atom stereocenters. The minimum atomic E-state index is -4.83. The fraction of sp³-hybridized carbons (Fsp3) is 0.455. The number of aliphatic carboxylic acids is 1. The number of imidazole rings is 1. The molecule has 202 valence electrons. The van der Waals surface area contributed by atoms with E-state index in [1.807, 2.05) is 0 Å². The van der Waals surface area contributed by atoms with Crippen molar-refractivity contribution in [2.45, 2.75) is 58.1 Å². The van der Waals surface area contributed by atoms with E-state index in [0.29, 0.717) is 11.2 Å². The van der Waals surface area contributed by atoms with E-state index >= 15 is 0 Å². The van der Waals surface area contributed by atoms with Crippen LogP contribution in [0.2, 0.25) is 0 Å². The molecule has 1 aromatic carbocycles. The molecule has 0 aliphatic rings. The number of nitrogens with zero attached hydrogens (tertiary/aromatic N) is 4. The second kappa shape index (κ2) is 10.7. The van der Waals surface area contributed by atoms with Crippen molar-refractivity contribution in [2.75, 3.05) is 12.1 Å². The lowest BCUT2D eigenvalue weighted by molar-refractivity contribution is -0.153. The Bertz CT molecular complexity index is 1300. The third-order valence-electron chi connectivity index (χ3n) is 5.49. The number of aromatic nitrogens is 4. The van der Waals surface area contributed by atoms with Crippen LogP contribution in [0.15, 0.2) is 36.9 Å². The van der Waals surface area contributed by atoms with Crippen molar-refractivity contribution in [3.8, 4) is 0 Å². The summed E-state index contributed by atoms with van der Waals surface area (Å²) >= 11 is 0. The molecule has 11 nitrogen and oxygen atoms in total. The largest absolute Gasteiger partial charge is 0.480 e. The van der Waals surface area contributed by atoms with E-state index in [-0.39, 0.29) is 17.9 Å². The number of halogens is 3. The molecular formula is C22H29F3N7O4P. The second-order valence-electron chi connectivity index (χ2n) is 9.23. The van der Waals surface area contributed by atoms with Gasteiger partial charge in [0.1, 0.15) is 29.8 Å². The molecule has 2 heterocycles. The molecule has 0 spiro atoms. The van der Waals surface area contributed by atoms with Crippen molar-refractivity contribution in [3.05, 3.63) is 48.0 Å². The van der Waals surface area contributed by atoms with Crippen LogP contribution in [0.25, 0.3) is 11.2 Å². The number of rotatable bonds is 11. The van der Waals surface area contributed by atoms with Crippen LogP contribution in [0.3, 0.4) is 0 Å². The Morgan fingerprint density at radius 2 is 1.86 bits per heavy atom. The Kier molecular flexibility index (Phi) is 8.27. The number of alkyl halides is 3. The first-order valence-corrected chi connectivity index (χ1v) is 13.1. The van der Waals surface area contributed by atoms with E-state index in [4.69, 9.17) is 10.5 Å². The maximum Gasteiger partial charge on any atom is 0.408 e. The van der Waals surface area contributed by atoms with E-state index in [9.17, 15) is 27.6 Å². The normalized spacial score (nSPS) is 15.9. The number of carboxylic acids is 1. The molecule has 0 radical (unpaired) electrons. The summed E-state index contributed by atoms with van der Waals surface area (Å²) < 4.78 is 63.3. The smallest absolute Gasteiger partial charge is 0.408 e. The van der Waals surface area contributed by atoms with Gasteiger partial charge in [-0.25, -0.2) is 25.1 Å². The highest BCUT2D eigenvalue weighted by Crippen LogP contribution is 2.46. The second-order valence-corrected chi connectivity index (χ2v) is 11.4. The predicted molar refractivity (Wildman–Crippen MR) is 131 cm³/mol. The lowest BCUT2D eigenvalue weighted by Crippen LogP contribution is -2.49. The Morgan fingerprint density at radius 1 is 1.22 bits per heavy atom. The standard InChI is InChI=1S/C22H29F3N7O4P/c1-13-5-7-15(8-6-13)17(22(23,24)25)30-37(35,31-21(3,4)20(33)34)12-36-14(2)9-32-11-29-16-18(26)27-10-28-19(16)32/h5-8,10-11,14,17H,9,12H2,1-4H3,(H,33,34)(H2,26,27,28)(H2,30,31,35). The Labute approximate surface area is 211 Å². The van der Waals surface area contributed by atoms with Gasteiger partial charge in [-0.2, -0.15) is 13.2 Å². The first kappa shape index (κ1) is 28.5. The number of hydrogen-bond acceptors (Lipinski definition) is 7. The van der Waals surface area contributed by atoms with Gasteiger partial charge in [0.2, 0.25) is 7.44 Å². The molecule has 3 unspecified atom stereocenters. The molecular weight excluding hydrogens is 514 g/mol. The highest BCUT2D eigenvalue weighted by Gasteiger charge is 2.46. The maximum absolute atomic E-state index is 14.1. The van der Waals surface area contributed by atoms with Gasteiger partial charge in [0.05, 0.1) is 19.0 Å². The van der Waals surface area contributed by atoms with Gasteiger partial charge in [-0.05, 0) is 33.3 Å². The monoisotopic (exact) mass is 543 g/mol. The fourth-order valence-electron chi connectivity index (χ4n) is 3.50. The highest BCUT2D eigenvalue weighted by atomic mass is 31.2. The number of ether oxygens (including phenoxy) is 1. The van der Waals surface area contributed by atoms with E-state index < -0.39 is 43.6 Å². The summed E-state index contributed by atoms with van der Waals surface area (Å²) in [5.41, 5.74) is 5.32. The van der Waals surface area contributed by atoms with Crippen LogP contribution in [-0.2, 0) is 20.6 Å². The van der Waals surface area contributed by atoms with Gasteiger partial charge in [0.25, 0.3) is 0 Å². The minimum absolute atomic E-state index is 0.149. The van der Waals surface area contributed by atoms with E-state index in [0.717, 1.165) is 5.56 Å². The van der Waals surface area contributed by atoms with Crippen molar-refractivity contribution < 1.29 is 32.4 Å². The van der Waals surface area contributed by atoms with E-state index in [2.05, 4.69) is 25.1 Å². The van der Waals surface area contributed by atoms with Crippen LogP contribution >= 0.6 is 7.44 Å². The minimum Gasteiger partial charge on any atom is -0.480 e. The molecule has 0 fully saturated rings. The molecule has 0 aliphatic carbocycles. The number of aryl methyl sites for hydroxylation is 1. The molecule has 37 heavy (non-hydrogen) atoms. The lowest BCUT2D eigenvalue weighted by atomic mass is 10.1. The number of fused-ring (bicyclic) bond motifs is 1. The molecule has 2 aromatic heterocycles. The molecule has 0 saturated carbocycles. The molecule has 3 rings (SSSR count). The third-order valence-corrected chi connectivity index (χ3v) is 7.60. The summed E-state index contributed by atoms with van der Waals surface area (Å²) in [6, 6.07) is 3.20. The van der Waals surface area contributed by atoms with Gasteiger partial charge >= 0.3 is 12.1 Å². The molecule has 0 bridgehead atoms. The zero-order chi connectivity index (χ0) is 27.6. The number of anilines is 1. The Morgan fingerprint density at radius 3 is 2.46 bits per heavy atom. The van der Waals surface area contributed by atoms with Gasteiger partial charge in [-0.1, -0.05) is 29.8 Å². The van der Waals surface area contributed by atoms with Gasteiger partial charge in [0, 0.05) is 0 Å². The molecule has 0 amide bonds. The quantitative estimate of drug-likeness (QED) is 0.263. The van der Waals surface area contributed by atoms with Crippen molar-refractivity contribution in [3.63, 3.8) is 0 Å². The fourth-order valence-corrected chi connectivity index (χ4v) is 5.88. The zero-order valence-corrected chi connectivity index (χ0v) is 21.5. The van der Waals surface area contributed by atoms with Crippen LogP contribution in [0.5, 0.6) is 0 Å². The highest BCUT2D eigenvalue weighted by molar-refractivity contribution is 7.59. The summed E-state index contributed by atoms with van der Waals surface area (Å²) in [5, 5.41) is 14.0. The van der Waals surface area contributed by atoms with Crippen LogP contribution < -0.4 is 15.9 Å². The molecule has 0 saturated heterocycles. The summed E-state index contributed by atoms with van der Waals surface area (Å²) in [7, 11) is -4.32. The molecule has 5 N–H and O–H groups in total. The van der Waals surface area contributed by atoms with Gasteiger partial charge in [0.15, 0.2) is 11.5 Å². The topological polar surface area (TPSA) is 157 Å². The summed E-state index contributed by atoms with van der Waals surface area (Å²) in [5.74, 6) is -1.22. The average molecular weight is 543 g/mol. The number of carboxylic acid groups (broad SMARTS) is 1. The molecule has 0 aliphatic heterocycles. The number of nitrogens with one attached hydrogen (secondary N) is 2. The molecule has 3 aromatic rings. The van der Waals surface area contributed by atoms with Crippen LogP contribution in [-0.4, -0.2) is 54.8 Å². The predicted octanol–water partition coefficient (Wildman–Crippen LogP) is 3.62. The number of carbonyl (C=O) groups is 1.